The van der Waals surface area contributed by atoms with Gasteiger partial charge in [-0.3, -0.25) is 10.5 Å². The van der Waals surface area contributed by atoms with E-state index in [1.165, 1.54) is 0 Å². The van der Waals surface area contributed by atoms with Crippen molar-refractivity contribution < 1.29 is 19.9 Å². The van der Waals surface area contributed by atoms with Crippen molar-refractivity contribution >= 4 is 15.4 Å². The van der Waals surface area contributed by atoms with Crippen LogP contribution in [0.5, 0.6) is 0 Å². The Bertz CT molecular complexity index is 7.51. The summed E-state index contributed by atoms with van der Waals surface area (Å²) in [5, 5.41) is 12.0. The SMILES string of the molecule is OO.[B]=O.[B]=O. The second-order valence-corrected chi connectivity index (χ2v) is 0. The number of hydrogen-bond acceptors (Lipinski definition) is 4. The molecule has 6 heteroatoms. The molecule has 0 unspecified atom stereocenters. The number of rotatable bonds is 0. The Hall–Kier alpha value is -0.350. The molecule has 2 radical (unpaired) electrons. The Balaban J connectivity index is -0.0000000225. The first-order chi connectivity index (χ1) is 3.00. The normalized spacial score (nSPS) is 2.00. The van der Waals surface area contributed by atoms with Crippen LogP contribution < -0.4 is 0 Å². The van der Waals surface area contributed by atoms with E-state index in [1.54, 1.807) is 0 Å². The minimum atomic E-state index is 3.25. The van der Waals surface area contributed by atoms with E-state index >= 15 is 0 Å². The fourth-order valence-electron chi connectivity index (χ4n) is 0. The van der Waals surface area contributed by atoms with Crippen molar-refractivity contribution in [3.8, 4) is 0 Å². The molecule has 0 amide bonds. The Labute approximate surface area is 36.6 Å². The van der Waals surface area contributed by atoms with E-state index in [9.17, 15) is 0 Å². The molecular formula is H2B2O4. The van der Waals surface area contributed by atoms with Gasteiger partial charge in [0.2, 0.25) is 0 Å². The molecule has 32 valence electrons. The van der Waals surface area contributed by atoms with E-state index in [0.717, 1.165) is 0 Å². The van der Waals surface area contributed by atoms with Gasteiger partial charge < -0.3 is 0 Å². The van der Waals surface area contributed by atoms with Crippen molar-refractivity contribution in [2.45, 2.75) is 0 Å². The van der Waals surface area contributed by atoms with Gasteiger partial charge in [0.25, 0.3) is 0 Å². The predicted molar refractivity (Wildman–Crippen MR) is 18.1 cm³/mol. The molecule has 4 nitrogen and oxygen atoms in total. The van der Waals surface area contributed by atoms with Crippen molar-refractivity contribution in [3.05, 3.63) is 0 Å². The zero-order valence-electron chi connectivity index (χ0n) is 2.87. The predicted octanol–water partition coefficient (Wildman–Crippen LogP) is -0.982. The quantitative estimate of drug-likeness (QED) is 0.226. The summed E-state index contributed by atoms with van der Waals surface area (Å²) in [7, 11) is 6.50. The molecule has 0 saturated carbocycles. The molecule has 0 rings (SSSR count). The molecule has 0 aromatic rings. The molecule has 0 aliphatic heterocycles. The van der Waals surface area contributed by atoms with E-state index in [2.05, 4.69) is 15.4 Å². The molecule has 6 heavy (non-hydrogen) atoms. The third-order valence-electron chi connectivity index (χ3n) is 0. The molecule has 0 spiro atoms. The van der Waals surface area contributed by atoms with Crippen LogP contribution in [0.25, 0.3) is 0 Å². The van der Waals surface area contributed by atoms with Crippen LogP contribution in [-0.2, 0) is 9.41 Å². The standard InChI is InChI=1S/2BO.H2O2/c3*1-2/h;;1-2H. The maximum atomic E-state index is 7.75. The summed E-state index contributed by atoms with van der Waals surface area (Å²) in [5.41, 5.74) is 0. The summed E-state index contributed by atoms with van der Waals surface area (Å²) >= 11 is 0. The molecule has 2 N–H and O–H groups in total. The molecule has 0 aliphatic rings. The van der Waals surface area contributed by atoms with Gasteiger partial charge in [0, 0.05) is 0 Å². The zero-order chi connectivity index (χ0) is 6.00. The molecule has 0 bridgehead atoms. The average Bonchev–Trinajstić information content (AvgIpc) is 1.81. The Kier molecular flexibility index (Phi) is 1470. The van der Waals surface area contributed by atoms with E-state index < -0.39 is 0 Å². The summed E-state index contributed by atoms with van der Waals surface area (Å²) in [4.78, 5) is 0. The van der Waals surface area contributed by atoms with Gasteiger partial charge in [-0.2, -0.15) is 0 Å². The Morgan fingerprint density at radius 3 is 0.833 bits per heavy atom. The van der Waals surface area contributed by atoms with Gasteiger partial charge in [0.1, 0.15) is 0 Å². The van der Waals surface area contributed by atoms with Crippen molar-refractivity contribution in [1.29, 1.82) is 0 Å². The number of hydrogen-bond donors (Lipinski definition) is 2. The molecule has 0 atom stereocenters. The first-order valence-corrected chi connectivity index (χ1v) is 0.671. The summed E-state index contributed by atoms with van der Waals surface area (Å²) in [6.07, 6.45) is 0. The van der Waals surface area contributed by atoms with Crippen LogP contribution in [0.3, 0.4) is 0 Å². The van der Waals surface area contributed by atoms with Crippen LogP contribution in [0.15, 0.2) is 0 Å². The summed E-state index contributed by atoms with van der Waals surface area (Å²) in [6, 6.07) is 0. The Morgan fingerprint density at radius 2 is 0.833 bits per heavy atom. The van der Waals surface area contributed by atoms with E-state index in [0.29, 0.717) is 0 Å². The fourth-order valence-corrected chi connectivity index (χ4v) is 0. The summed E-state index contributed by atoms with van der Waals surface area (Å²) in [6.45, 7) is 0. The van der Waals surface area contributed by atoms with Crippen LogP contribution in [0.1, 0.15) is 0 Å². The second kappa shape index (κ2) is 505. The van der Waals surface area contributed by atoms with Crippen molar-refractivity contribution in [2.75, 3.05) is 0 Å². The third-order valence-corrected chi connectivity index (χ3v) is 0. The molecule has 0 aromatic carbocycles. The monoisotopic (exact) mass is 88.0 g/mol. The molecule has 0 fully saturated rings. The second-order valence-electron chi connectivity index (χ2n) is 0. The molecule has 0 saturated heterocycles. The summed E-state index contributed by atoms with van der Waals surface area (Å²) < 4.78 is 15.5. The molecular weight excluding hydrogens is 85.6 g/mol. The van der Waals surface area contributed by atoms with Gasteiger partial charge in [-0.15, -0.1) is 0 Å². The molecule has 0 aliphatic carbocycles. The first kappa shape index (κ1) is 17.4. The van der Waals surface area contributed by atoms with Gasteiger partial charge in [-0.25, -0.2) is 0 Å². The first-order valence-electron chi connectivity index (χ1n) is 0.671. The van der Waals surface area contributed by atoms with Gasteiger partial charge in [-0.1, -0.05) is 0 Å². The summed E-state index contributed by atoms with van der Waals surface area (Å²) in [5.74, 6) is 0. The molecule has 0 heterocycles. The average molecular weight is 87.6 g/mol. The fraction of sp³-hybridized carbons (Fsp3) is 0. The zero-order valence-corrected chi connectivity index (χ0v) is 2.87. The van der Waals surface area contributed by atoms with Gasteiger partial charge in [0.15, 0.2) is 0 Å². The van der Waals surface area contributed by atoms with Crippen LogP contribution in [-0.4, -0.2) is 25.9 Å². The van der Waals surface area contributed by atoms with Crippen molar-refractivity contribution in [2.24, 2.45) is 0 Å². The van der Waals surface area contributed by atoms with Crippen LogP contribution in [0.2, 0.25) is 0 Å². The Morgan fingerprint density at radius 1 is 0.833 bits per heavy atom. The molecule has 0 aromatic heterocycles. The van der Waals surface area contributed by atoms with Gasteiger partial charge >= 0.3 is 24.8 Å². The van der Waals surface area contributed by atoms with Crippen LogP contribution in [0, 0.1) is 0 Å². The van der Waals surface area contributed by atoms with E-state index in [1.807, 2.05) is 0 Å². The van der Waals surface area contributed by atoms with E-state index in [4.69, 9.17) is 19.9 Å². The third kappa shape index (κ3) is 209. The van der Waals surface area contributed by atoms with Gasteiger partial charge in [0.05, 0.1) is 0 Å². The minimum absolute atomic E-state index is 3.25. The maximum absolute atomic E-state index is 7.75. The van der Waals surface area contributed by atoms with Crippen molar-refractivity contribution in [3.63, 3.8) is 0 Å². The van der Waals surface area contributed by atoms with Crippen LogP contribution >= 0.6 is 0 Å². The topological polar surface area (TPSA) is 74.6 Å². The van der Waals surface area contributed by atoms with Gasteiger partial charge in [-0.05, 0) is 0 Å². The van der Waals surface area contributed by atoms with Crippen LogP contribution in [0.4, 0.5) is 0 Å². The van der Waals surface area contributed by atoms with E-state index in [-0.39, 0.29) is 0 Å². The van der Waals surface area contributed by atoms with Crippen molar-refractivity contribution in [1.82, 2.24) is 0 Å².